The third-order valence-corrected chi connectivity index (χ3v) is 8.08. The molecular weight excluding hydrogens is 470 g/mol. The van der Waals surface area contributed by atoms with Gasteiger partial charge in [-0.05, 0) is 86.9 Å². The van der Waals surface area contributed by atoms with Gasteiger partial charge in [-0.2, -0.15) is 4.31 Å². The van der Waals surface area contributed by atoms with Crippen LogP contribution in [-0.2, 0) is 26.1 Å². The Balaban J connectivity index is 1.95. The minimum atomic E-state index is -4.11. The molecule has 1 unspecified atom stereocenters. The fourth-order valence-electron chi connectivity index (χ4n) is 4.51. The average molecular weight is 506 g/mol. The van der Waals surface area contributed by atoms with Gasteiger partial charge in [-0.15, -0.1) is 0 Å². The van der Waals surface area contributed by atoms with Crippen LogP contribution in [0, 0.1) is 5.92 Å². The molecule has 10 heteroatoms. The number of carbonyl (C=O) groups is 1. The van der Waals surface area contributed by atoms with Crippen molar-refractivity contribution in [2.45, 2.75) is 69.5 Å². The van der Waals surface area contributed by atoms with Gasteiger partial charge in [0.25, 0.3) is 5.91 Å². The van der Waals surface area contributed by atoms with Gasteiger partial charge in [0.15, 0.2) is 0 Å². The second kappa shape index (κ2) is 13.0. The van der Waals surface area contributed by atoms with Gasteiger partial charge >= 0.3 is 0 Å². The zero-order chi connectivity index (χ0) is 25.3. The third kappa shape index (κ3) is 7.00. The van der Waals surface area contributed by atoms with Crippen molar-refractivity contribution in [3.05, 3.63) is 54.4 Å². The van der Waals surface area contributed by atoms with E-state index >= 15 is 0 Å². The molecule has 0 bridgehead atoms. The number of ether oxygens (including phenoxy) is 2. The van der Waals surface area contributed by atoms with E-state index in [0.29, 0.717) is 37.4 Å². The molecule has 0 spiro atoms. The monoisotopic (exact) mass is 505 g/mol. The molecule has 1 fully saturated rings. The Bertz CT molecular complexity index is 1020. The molecule has 0 aliphatic heterocycles. The lowest BCUT2D eigenvalue weighted by Crippen LogP contribution is -2.53. The van der Waals surface area contributed by atoms with Crippen LogP contribution in [0.1, 0.15) is 51.5 Å². The highest BCUT2D eigenvalue weighted by atomic mass is 32.2. The summed E-state index contributed by atoms with van der Waals surface area (Å²) in [7, 11) is -4.11. The second-order valence-electron chi connectivity index (χ2n) is 8.64. The van der Waals surface area contributed by atoms with E-state index in [1.54, 1.807) is 42.1 Å². The Kier molecular flexibility index (Phi) is 10.0. The molecule has 1 aromatic carbocycles. The Morgan fingerprint density at radius 3 is 2.34 bits per heavy atom. The largest absolute Gasteiger partial charge is 0.494 e. The van der Waals surface area contributed by atoms with Crippen molar-refractivity contribution in [1.82, 2.24) is 14.8 Å². The lowest BCUT2D eigenvalue weighted by molar-refractivity contribution is -0.136. The molecule has 1 heterocycles. The van der Waals surface area contributed by atoms with Crippen molar-refractivity contribution in [1.29, 1.82) is 0 Å². The fraction of sp³-hybridized carbons (Fsp3) is 0.520. The van der Waals surface area contributed by atoms with Crippen LogP contribution in [0.3, 0.4) is 0 Å². The first-order valence-corrected chi connectivity index (χ1v) is 13.5. The SMILES string of the molecule is CCCO[C@H]1CC[C@H](C(C(=O)NO)N(Cc2ccncc2)S(=O)(=O)c2ccc(OCC)cc2)CC1. The normalized spacial score (nSPS) is 19.3. The quantitative estimate of drug-likeness (QED) is 0.335. The summed E-state index contributed by atoms with van der Waals surface area (Å²) in [4.78, 5) is 17.0. The molecule has 1 amide bonds. The van der Waals surface area contributed by atoms with Crippen LogP contribution in [-0.4, -0.2) is 54.2 Å². The zero-order valence-corrected chi connectivity index (χ0v) is 21.1. The number of hydroxylamine groups is 1. The number of nitrogens with one attached hydrogen (secondary N) is 1. The summed E-state index contributed by atoms with van der Waals surface area (Å²) in [6.45, 7) is 5.00. The molecule has 2 aromatic rings. The van der Waals surface area contributed by atoms with Crippen molar-refractivity contribution in [3.8, 4) is 5.75 Å². The number of aromatic nitrogens is 1. The maximum absolute atomic E-state index is 13.9. The third-order valence-electron chi connectivity index (χ3n) is 6.24. The summed E-state index contributed by atoms with van der Waals surface area (Å²) < 4.78 is 40.3. The van der Waals surface area contributed by atoms with Gasteiger partial charge in [0, 0.05) is 25.5 Å². The summed E-state index contributed by atoms with van der Waals surface area (Å²) in [6, 6.07) is 8.48. The highest BCUT2D eigenvalue weighted by Gasteiger charge is 2.42. The minimum absolute atomic E-state index is 0.0393. The van der Waals surface area contributed by atoms with Crippen LogP contribution in [0.25, 0.3) is 0 Å². The van der Waals surface area contributed by atoms with E-state index in [0.717, 1.165) is 19.3 Å². The summed E-state index contributed by atoms with van der Waals surface area (Å²) in [5.41, 5.74) is 2.40. The fourth-order valence-corrected chi connectivity index (χ4v) is 6.15. The van der Waals surface area contributed by atoms with Crippen molar-refractivity contribution in [2.75, 3.05) is 13.2 Å². The van der Waals surface area contributed by atoms with Crippen molar-refractivity contribution in [3.63, 3.8) is 0 Å². The van der Waals surface area contributed by atoms with Crippen LogP contribution in [0.4, 0.5) is 0 Å². The summed E-state index contributed by atoms with van der Waals surface area (Å²) in [6.07, 6.45) is 6.85. The summed E-state index contributed by atoms with van der Waals surface area (Å²) >= 11 is 0. The number of hydrogen-bond donors (Lipinski definition) is 2. The number of sulfonamides is 1. The van der Waals surface area contributed by atoms with E-state index in [4.69, 9.17) is 9.47 Å². The number of amides is 1. The van der Waals surface area contributed by atoms with E-state index in [1.807, 2.05) is 6.92 Å². The maximum Gasteiger partial charge on any atom is 0.262 e. The van der Waals surface area contributed by atoms with E-state index in [2.05, 4.69) is 11.9 Å². The van der Waals surface area contributed by atoms with Gasteiger partial charge in [0.1, 0.15) is 11.8 Å². The van der Waals surface area contributed by atoms with Gasteiger partial charge in [-0.25, -0.2) is 13.9 Å². The molecule has 1 aromatic heterocycles. The Morgan fingerprint density at radius 2 is 1.77 bits per heavy atom. The first kappa shape index (κ1) is 27.1. The highest BCUT2D eigenvalue weighted by Crippen LogP contribution is 2.34. The van der Waals surface area contributed by atoms with Crippen molar-refractivity contribution >= 4 is 15.9 Å². The van der Waals surface area contributed by atoms with Gasteiger partial charge in [0.2, 0.25) is 10.0 Å². The standard InChI is InChI=1S/C25H35N3O6S/c1-3-17-34-22-7-5-20(6-8-22)24(25(29)27-30)28(18-19-13-15-26-16-14-19)35(31,32)23-11-9-21(10-12-23)33-4-2/h9-16,20,22,24,30H,3-8,17-18H2,1-2H3,(H,27,29)/t20-,22-,24?. The highest BCUT2D eigenvalue weighted by molar-refractivity contribution is 7.89. The molecular formula is C25H35N3O6S. The van der Waals surface area contributed by atoms with Crippen molar-refractivity contribution in [2.24, 2.45) is 5.92 Å². The molecule has 3 rings (SSSR count). The lowest BCUT2D eigenvalue weighted by atomic mass is 9.82. The van der Waals surface area contributed by atoms with Crippen LogP contribution >= 0.6 is 0 Å². The molecule has 0 saturated heterocycles. The topological polar surface area (TPSA) is 118 Å². The lowest BCUT2D eigenvalue weighted by Gasteiger charge is -2.38. The average Bonchev–Trinajstić information content (AvgIpc) is 2.88. The Hall–Kier alpha value is -2.53. The predicted molar refractivity (Wildman–Crippen MR) is 130 cm³/mol. The summed E-state index contributed by atoms with van der Waals surface area (Å²) in [5, 5.41) is 9.58. The second-order valence-corrected chi connectivity index (χ2v) is 10.5. The minimum Gasteiger partial charge on any atom is -0.494 e. The molecule has 0 radical (unpaired) electrons. The number of pyridine rings is 1. The number of carbonyl (C=O) groups excluding carboxylic acids is 1. The van der Waals surface area contributed by atoms with Gasteiger partial charge in [-0.3, -0.25) is 15.0 Å². The first-order valence-electron chi connectivity index (χ1n) is 12.1. The van der Waals surface area contributed by atoms with E-state index in [9.17, 15) is 18.4 Å². The van der Waals surface area contributed by atoms with Crippen LogP contribution in [0.5, 0.6) is 5.75 Å². The van der Waals surface area contributed by atoms with Gasteiger partial charge in [-0.1, -0.05) is 6.92 Å². The number of benzene rings is 1. The molecule has 1 aliphatic rings. The molecule has 35 heavy (non-hydrogen) atoms. The molecule has 1 aliphatic carbocycles. The Labute approximate surface area is 207 Å². The van der Waals surface area contributed by atoms with E-state index in [1.165, 1.54) is 16.4 Å². The molecule has 2 N–H and O–H groups in total. The number of nitrogens with zero attached hydrogens (tertiary/aromatic N) is 2. The summed E-state index contributed by atoms with van der Waals surface area (Å²) in [5.74, 6) is -0.461. The van der Waals surface area contributed by atoms with Crippen LogP contribution < -0.4 is 10.2 Å². The number of hydrogen-bond acceptors (Lipinski definition) is 7. The predicted octanol–water partition coefficient (Wildman–Crippen LogP) is 3.53. The first-order chi connectivity index (χ1) is 16.9. The number of rotatable bonds is 12. The van der Waals surface area contributed by atoms with Crippen molar-refractivity contribution < 1.29 is 27.9 Å². The van der Waals surface area contributed by atoms with E-state index in [-0.39, 0.29) is 23.5 Å². The maximum atomic E-state index is 13.9. The molecule has 9 nitrogen and oxygen atoms in total. The smallest absolute Gasteiger partial charge is 0.262 e. The molecule has 1 atom stereocenters. The zero-order valence-electron chi connectivity index (χ0n) is 20.3. The molecule has 192 valence electrons. The van der Waals surface area contributed by atoms with Crippen LogP contribution in [0.15, 0.2) is 53.7 Å². The van der Waals surface area contributed by atoms with Gasteiger partial charge < -0.3 is 9.47 Å². The Morgan fingerprint density at radius 1 is 1.11 bits per heavy atom. The molecule has 1 saturated carbocycles. The van der Waals surface area contributed by atoms with Gasteiger partial charge in [0.05, 0.1) is 17.6 Å². The van der Waals surface area contributed by atoms with Crippen LogP contribution in [0.2, 0.25) is 0 Å². The van der Waals surface area contributed by atoms with E-state index < -0.39 is 22.0 Å².